The van der Waals surface area contributed by atoms with Crippen LogP contribution in [0.4, 0.5) is 11.4 Å². The Morgan fingerprint density at radius 2 is 1.85 bits per heavy atom. The van der Waals surface area contributed by atoms with E-state index in [9.17, 15) is 0 Å². The highest BCUT2D eigenvalue weighted by Crippen LogP contribution is 2.33. The van der Waals surface area contributed by atoms with Crippen LogP contribution in [0.25, 0.3) is 10.9 Å². The van der Waals surface area contributed by atoms with Gasteiger partial charge in [0.05, 0.1) is 21.2 Å². The Morgan fingerprint density at radius 3 is 2.62 bits per heavy atom. The van der Waals surface area contributed by atoms with Gasteiger partial charge in [0.1, 0.15) is 0 Å². The molecule has 5 heteroatoms. The molecule has 0 unspecified atom stereocenters. The van der Waals surface area contributed by atoms with Gasteiger partial charge in [-0.3, -0.25) is 4.98 Å². The Kier molecular flexibility index (Phi) is 4.92. The normalized spacial score (nSPS) is 14.2. The molecule has 3 nitrogen and oxygen atoms in total. The summed E-state index contributed by atoms with van der Waals surface area (Å²) in [6, 6.07) is 14.3. The van der Waals surface area contributed by atoms with Gasteiger partial charge in [0.2, 0.25) is 0 Å². The number of hydrogen-bond donors (Lipinski definition) is 1. The van der Waals surface area contributed by atoms with Crippen LogP contribution < -0.4 is 10.2 Å². The molecule has 0 amide bonds. The van der Waals surface area contributed by atoms with Crippen LogP contribution in [0.2, 0.25) is 10.0 Å². The summed E-state index contributed by atoms with van der Waals surface area (Å²) in [5, 5.41) is 5.86. The molecule has 0 aliphatic carbocycles. The molecule has 0 atom stereocenters. The van der Waals surface area contributed by atoms with Crippen molar-refractivity contribution >= 4 is 45.5 Å². The van der Waals surface area contributed by atoms with E-state index in [2.05, 4.69) is 34.5 Å². The highest BCUT2D eigenvalue weighted by Gasteiger charge is 2.17. The number of aromatic nitrogens is 1. The number of rotatable bonds is 4. The first-order valence-electron chi connectivity index (χ1n) is 8.95. The molecule has 1 saturated heterocycles. The van der Waals surface area contributed by atoms with Crippen molar-refractivity contribution in [2.45, 2.75) is 26.3 Å². The van der Waals surface area contributed by atoms with Gasteiger partial charge in [0.15, 0.2) is 0 Å². The topological polar surface area (TPSA) is 28.2 Å². The maximum absolute atomic E-state index is 6.13. The highest BCUT2D eigenvalue weighted by atomic mass is 35.5. The number of hydrogen-bond acceptors (Lipinski definition) is 3. The van der Waals surface area contributed by atoms with Crippen molar-refractivity contribution in [1.82, 2.24) is 4.98 Å². The molecule has 3 aromatic rings. The van der Waals surface area contributed by atoms with Gasteiger partial charge in [-0.2, -0.15) is 0 Å². The first-order chi connectivity index (χ1) is 12.6. The van der Waals surface area contributed by atoms with E-state index in [4.69, 9.17) is 28.2 Å². The molecule has 2 heterocycles. The number of benzene rings is 2. The summed E-state index contributed by atoms with van der Waals surface area (Å²) in [5.74, 6) is 0. The summed E-state index contributed by atoms with van der Waals surface area (Å²) < 4.78 is 0. The quantitative estimate of drug-likeness (QED) is 0.591. The van der Waals surface area contributed by atoms with E-state index in [1.54, 1.807) is 0 Å². The van der Waals surface area contributed by atoms with Crippen LogP contribution in [-0.4, -0.2) is 18.1 Å². The van der Waals surface area contributed by atoms with Crippen LogP contribution in [-0.2, 0) is 6.54 Å². The number of anilines is 2. The zero-order valence-electron chi connectivity index (χ0n) is 14.7. The van der Waals surface area contributed by atoms with Crippen molar-refractivity contribution < 1.29 is 0 Å². The maximum atomic E-state index is 6.13. The molecule has 26 heavy (non-hydrogen) atoms. The molecule has 4 rings (SSSR count). The minimum atomic E-state index is 0.580. The fourth-order valence-electron chi connectivity index (χ4n) is 3.57. The smallest absolute Gasteiger partial charge is 0.0959 e. The standard InChI is InChI=1S/C21H21Cl2N3/c1-14-11-19(24-13-15-7-8-17(22)18(23)12-15)16-5-4-6-20(21(16)25-14)26-9-2-3-10-26/h4-8,11-12H,2-3,9-10,13H2,1H3,(H,24,25). The minimum absolute atomic E-state index is 0.580. The van der Waals surface area contributed by atoms with E-state index in [1.807, 2.05) is 25.1 Å². The van der Waals surface area contributed by atoms with Crippen LogP contribution >= 0.6 is 23.2 Å². The summed E-state index contributed by atoms with van der Waals surface area (Å²) in [6.07, 6.45) is 2.51. The first kappa shape index (κ1) is 17.4. The summed E-state index contributed by atoms with van der Waals surface area (Å²) in [5.41, 5.74) is 5.52. The molecule has 1 N–H and O–H groups in total. The lowest BCUT2D eigenvalue weighted by Crippen LogP contribution is -2.18. The molecular weight excluding hydrogens is 365 g/mol. The lowest BCUT2D eigenvalue weighted by molar-refractivity contribution is 0.949. The average Bonchev–Trinajstić information content (AvgIpc) is 3.16. The van der Waals surface area contributed by atoms with Gasteiger partial charge < -0.3 is 10.2 Å². The van der Waals surface area contributed by atoms with Gasteiger partial charge in [-0.1, -0.05) is 41.4 Å². The Morgan fingerprint density at radius 1 is 1.04 bits per heavy atom. The van der Waals surface area contributed by atoms with E-state index in [1.165, 1.54) is 18.5 Å². The second-order valence-corrected chi connectivity index (χ2v) is 7.60. The average molecular weight is 386 g/mol. The number of nitrogens with one attached hydrogen (secondary N) is 1. The van der Waals surface area contributed by atoms with Crippen molar-refractivity contribution in [1.29, 1.82) is 0 Å². The molecule has 0 saturated carbocycles. The Labute approximate surface area is 163 Å². The van der Waals surface area contributed by atoms with E-state index >= 15 is 0 Å². The Balaban J connectivity index is 1.68. The van der Waals surface area contributed by atoms with E-state index in [-0.39, 0.29) is 0 Å². The van der Waals surface area contributed by atoms with Gasteiger partial charge in [0.25, 0.3) is 0 Å². The Bertz CT molecular complexity index is 949. The second-order valence-electron chi connectivity index (χ2n) is 6.78. The number of aryl methyl sites for hydroxylation is 1. The van der Waals surface area contributed by atoms with E-state index in [0.717, 1.165) is 40.9 Å². The monoisotopic (exact) mass is 385 g/mol. The molecule has 0 spiro atoms. The highest BCUT2D eigenvalue weighted by molar-refractivity contribution is 6.42. The lowest BCUT2D eigenvalue weighted by Gasteiger charge is -2.20. The van der Waals surface area contributed by atoms with Crippen molar-refractivity contribution in [2.75, 3.05) is 23.3 Å². The summed E-state index contributed by atoms with van der Waals surface area (Å²) in [6.45, 7) is 4.95. The first-order valence-corrected chi connectivity index (χ1v) is 9.70. The van der Waals surface area contributed by atoms with Crippen LogP contribution in [0.1, 0.15) is 24.1 Å². The van der Waals surface area contributed by atoms with Crippen LogP contribution in [0.15, 0.2) is 42.5 Å². The predicted octanol–water partition coefficient (Wildman–Crippen LogP) is 6.06. The summed E-state index contributed by atoms with van der Waals surface area (Å²) in [4.78, 5) is 7.28. The largest absolute Gasteiger partial charge is 0.380 e. The fraction of sp³-hybridized carbons (Fsp3) is 0.286. The third-order valence-corrected chi connectivity index (χ3v) is 5.60. The number of fused-ring (bicyclic) bond motifs is 1. The zero-order valence-corrected chi connectivity index (χ0v) is 16.2. The third-order valence-electron chi connectivity index (χ3n) is 4.86. The maximum Gasteiger partial charge on any atom is 0.0959 e. The fourth-order valence-corrected chi connectivity index (χ4v) is 3.89. The molecule has 134 valence electrons. The second kappa shape index (κ2) is 7.34. The van der Waals surface area contributed by atoms with Crippen molar-refractivity contribution in [2.24, 2.45) is 0 Å². The molecular formula is C21H21Cl2N3. The number of para-hydroxylation sites is 1. The van der Waals surface area contributed by atoms with Gasteiger partial charge >= 0.3 is 0 Å². The van der Waals surface area contributed by atoms with Crippen LogP contribution in [0.5, 0.6) is 0 Å². The number of halogens is 2. The van der Waals surface area contributed by atoms with Gasteiger partial charge in [0, 0.05) is 36.4 Å². The summed E-state index contributed by atoms with van der Waals surface area (Å²) in [7, 11) is 0. The molecule has 0 bridgehead atoms. The lowest BCUT2D eigenvalue weighted by atomic mass is 10.1. The van der Waals surface area contributed by atoms with Crippen molar-refractivity contribution in [3.05, 3.63) is 63.8 Å². The molecule has 0 radical (unpaired) electrons. The van der Waals surface area contributed by atoms with E-state index in [0.29, 0.717) is 16.6 Å². The van der Waals surface area contributed by atoms with Gasteiger partial charge in [-0.25, -0.2) is 0 Å². The molecule has 1 fully saturated rings. The van der Waals surface area contributed by atoms with E-state index < -0.39 is 0 Å². The number of nitrogens with zero attached hydrogens (tertiary/aromatic N) is 2. The molecule has 1 aromatic heterocycles. The molecule has 1 aliphatic heterocycles. The van der Waals surface area contributed by atoms with Crippen molar-refractivity contribution in [3.8, 4) is 0 Å². The SMILES string of the molecule is Cc1cc(NCc2ccc(Cl)c(Cl)c2)c2cccc(N3CCCC3)c2n1. The van der Waals surface area contributed by atoms with Gasteiger partial charge in [-0.05, 0) is 49.6 Å². The number of pyridine rings is 1. The van der Waals surface area contributed by atoms with Crippen LogP contribution in [0.3, 0.4) is 0 Å². The van der Waals surface area contributed by atoms with Crippen LogP contribution in [0, 0.1) is 6.92 Å². The molecule has 1 aliphatic rings. The Hall–Kier alpha value is -1.97. The summed E-state index contributed by atoms with van der Waals surface area (Å²) >= 11 is 12.1. The molecule has 2 aromatic carbocycles. The minimum Gasteiger partial charge on any atom is -0.380 e. The van der Waals surface area contributed by atoms with Gasteiger partial charge in [-0.15, -0.1) is 0 Å². The van der Waals surface area contributed by atoms with Crippen molar-refractivity contribution in [3.63, 3.8) is 0 Å². The predicted molar refractivity (Wildman–Crippen MR) is 112 cm³/mol. The third kappa shape index (κ3) is 3.46. The zero-order chi connectivity index (χ0) is 18.1.